The molecule has 0 radical (unpaired) electrons. The van der Waals surface area contributed by atoms with Gasteiger partial charge in [0.15, 0.2) is 0 Å². The van der Waals surface area contributed by atoms with E-state index in [1.54, 1.807) is 38.5 Å². The van der Waals surface area contributed by atoms with Gasteiger partial charge in [-0.2, -0.15) is 15.5 Å². The van der Waals surface area contributed by atoms with Crippen molar-refractivity contribution in [2.75, 3.05) is 25.7 Å². The van der Waals surface area contributed by atoms with E-state index in [0.29, 0.717) is 11.4 Å². The quantitative estimate of drug-likeness (QED) is 0.417. The third-order valence-electron chi connectivity index (χ3n) is 4.63. The number of hydrogen-bond acceptors (Lipinski definition) is 8. The van der Waals surface area contributed by atoms with Crippen molar-refractivity contribution in [1.82, 2.24) is 19.6 Å². The van der Waals surface area contributed by atoms with Gasteiger partial charge in [0.25, 0.3) is 5.91 Å². The van der Waals surface area contributed by atoms with Gasteiger partial charge in [-0.1, -0.05) is 0 Å². The molecule has 2 heterocycles. The van der Waals surface area contributed by atoms with Crippen molar-refractivity contribution in [3.05, 3.63) is 72.1 Å². The van der Waals surface area contributed by atoms with Crippen molar-refractivity contribution in [3.8, 4) is 28.9 Å². The molecule has 4 aromatic rings. The molecule has 0 aliphatic rings. The smallest absolute Gasteiger partial charge is 0.254 e. The first-order valence-electron chi connectivity index (χ1n) is 9.55. The number of primary amides is 1. The molecule has 0 atom stereocenters. The van der Waals surface area contributed by atoms with Crippen LogP contribution in [0.1, 0.15) is 15.9 Å². The standard InChI is InChI=1S/C11H12N4O2.C11H10N4O/c1-17-8-4-2-7(3-5-8)15-10(12)9(6-14-15)11(13)16;1-16-10-4-2-9(3-5-10)15-11(13)8(6-12)7-14-15/h2-6H,12H2,1H3,(H2,13,16);2-5,7H,13H2,1H3. The van der Waals surface area contributed by atoms with Gasteiger partial charge in [-0.3, -0.25) is 4.79 Å². The SMILES string of the molecule is COc1ccc(-n2ncc(C#N)c2N)cc1.COc1ccc(-n2ncc(C(N)=O)c2N)cc1. The minimum Gasteiger partial charge on any atom is -0.497 e. The maximum absolute atomic E-state index is 11.0. The fourth-order valence-electron chi connectivity index (χ4n) is 2.85. The Kier molecular flexibility index (Phi) is 6.80. The van der Waals surface area contributed by atoms with Crippen molar-refractivity contribution < 1.29 is 14.3 Å². The lowest BCUT2D eigenvalue weighted by Gasteiger charge is -2.05. The molecule has 0 bridgehead atoms. The number of methoxy groups -OCH3 is 2. The highest BCUT2D eigenvalue weighted by atomic mass is 16.5. The molecule has 0 aliphatic heterocycles. The molecule has 0 aliphatic carbocycles. The molecule has 11 heteroatoms. The second-order valence-corrected chi connectivity index (χ2v) is 6.58. The van der Waals surface area contributed by atoms with Crippen molar-refractivity contribution in [2.24, 2.45) is 5.73 Å². The third kappa shape index (κ3) is 4.86. The summed E-state index contributed by atoms with van der Waals surface area (Å²) in [6.45, 7) is 0. The summed E-state index contributed by atoms with van der Waals surface area (Å²) in [5.41, 5.74) is 18.8. The Morgan fingerprint density at radius 3 is 1.67 bits per heavy atom. The summed E-state index contributed by atoms with van der Waals surface area (Å²) < 4.78 is 13.0. The number of ether oxygens (including phenoxy) is 2. The topological polar surface area (TPSA) is 173 Å². The summed E-state index contributed by atoms with van der Waals surface area (Å²) in [6, 6.07) is 16.4. The molecule has 0 saturated heterocycles. The van der Waals surface area contributed by atoms with Crippen LogP contribution in [0.2, 0.25) is 0 Å². The Morgan fingerprint density at radius 2 is 1.30 bits per heavy atom. The fourth-order valence-corrected chi connectivity index (χ4v) is 2.85. The first kappa shape index (κ1) is 22.7. The van der Waals surface area contributed by atoms with Crippen LogP contribution in [0.25, 0.3) is 11.4 Å². The minimum atomic E-state index is -0.595. The van der Waals surface area contributed by atoms with Crippen molar-refractivity contribution in [3.63, 3.8) is 0 Å². The van der Waals surface area contributed by atoms with Gasteiger partial charge in [0.1, 0.15) is 40.3 Å². The molecule has 168 valence electrons. The molecule has 0 saturated carbocycles. The van der Waals surface area contributed by atoms with Gasteiger partial charge in [-0.05, 0) is 48.5 Å². The first-order chi connectivity index (χ1) is 15.9. The predicted octanol–water partition coefficient (Wildman–Crippen LogP) is 1.90. The number of nitrogen functional groups attached to an aromatic ring is 2. The maximum Gasteiger partial charge on any atom is 0.254 e. The van der Waals surface area contributed by atoms with Crippen LogP contribution in [-0.2, 0) is 0 Å². The summed E-state index contributed by atoms with van der Waals surface area (Å²) >= 11 is 0. The van der Waals surface area contributed by atoms with Gasteiger partial charge >= 0.3 is 0 Å². The Hall–Kier alpha value is -4.98. The average Bonchev–Trinajstić information content (AvgIpc) is 3.41. The van der Waals surface area contributed by atoms with E-state index < -0.39 is 5.91 Å². The molecular formula is C22H22N8O3. The van der Waals surface area contributed by atoms with Gasteiger partial charge in [-0.15, -0.1) is 0 Å². The number of rotatable bonds is 5. The number of nitrogens with zero attached hydrogens (tertiary/aromatic N) is 5. The highest BCUT2D eigenvalue weighted by molar-refractivity contribution is 5.97. The van der Waals surface area contributed by atoms with Gasteiger partial charge in [0, 0.05) is 0 Å². The maximum atomic E-state index is 11.0. The van der Waals surface area contributed by atoms with Gasteiger partial charge in [-0.25, -0.2) is 9.36 Å². The van der Waals surface area contributed by atoms with E-state index in [1.165, 1.54) is 21.8 Å². The Morgan fingerprint density at radius 1 is 0.848 bits per heavy atom. The highest BCUT2D eigenvalue weighted by Gasteiger charge is 2.13. The van der Waals surface area contributed by atoms with E-state index in [1.807, 2.05) is 30.3 Å². The second kappa shape index (κ2) is 9.88. The van der Waals surface area contributed by atoms with Crippen LogP contribution in [0, 0.1) is 11.3 Å². The van der Waals surface area contributed by atoms with Crippen LogP contribution in [0.15, 0.2) is 60.9 Å². The number of anilines is 2. The van der Waals surface area contributed by atoms with Crippen LogP contribution < -0.4 is 26.7 Å². The first-order valence-corrected chi connectivity index (χ1v) is 9.55. The molecule has 0 spiro atoms. The lowest BCUT2D eigenvalue weighted by atomic mass is 10.3. The summed E-state index contributed by atoms with van der Waals surface area (Å²) in [6.07, 6.45) is 2.79. The highest BCUT2D eigenvalue weighted by Crippen LogP contribution is 2.20. The summed E-state index contributed by atoms with van der Waals surface area (Å²) in [7, 11) is 3.19. The molecule has 0 fully saturated rings. The number of nitrogens with two attached hydrogens (primary N) is 3. The Labute approximate surface area is 189 Å². The molecular weight excluding hydrogens is 424 g/mol. The molecule has 2 aromatic carbocycles. The zero-order chi connectivity index (χ0) is 24.0. The van der Waals surface area contributed by atoms with Crippen molar-refractivity contribution >= 4 is 17.5 Å². The van der Waals surface area contributed by atoms with Crippen LogP contribution in [0.4, 0.5) is 11.6 Å². The van der Waals surface area contributed by atoms with Crippen molar-refractivity contribution in [1.29, 1.82) is 5.26 Å². The monoisotopic (exact) mass is 446 g/mol. The van der Waals surface area contributed by atoms with E-state index in [0.717, 1.165) is 22.9 Å². The fraction of sp³-hybridized carbons (Fsp3) is 0.0909. The lowest BCUT2D eigenvalue weighted by Crippen LogP contribution is -2.13. The number of carbonyl (C=O) groups is 1. The average molecular weight is 446 g/mol. The molecule has 6 N–H and O–H groups in total. The third-order valence-corrected chi connectivity index (χ3v) is 4.63. The summed E-state index contributed by atoms with van der Waals surface area (Å²) in [5, 5.41) is 16.8. The molecule has 33 heavy (non-hydrogen) atoms. The number of nitriles is 1. The van der Waals surface area contributed by atoms with E-state index in [2.05, 4.69) is 10.2 Å². The van der Waals surface area contributed by atoms with Crippen LogP contribution in [-0.4, -0.2) is 39.7 Å². The number of amides is 1. The molecule has 11 nitrogen and oxygen atoms in total. The van der Waals surface area contributed by atoms with Crippen LogP contribution in [0.3, 0.4) is 0 Å². The lowest BCUT2D eigenvalue weighted by molar-refractivity contribution is 0.100. The molecule has 0 unspecified atom stereocenters. The van der Waals surface area contributed by atoms with Gasteiger partial charge in [0.05, 0.1) is 38.0 Å². The van der Waals surface area contributed by atoms with Gasteiger partial charge < -0.3 is 26.7 Å². The molecule has 4 rings (SSSR count). The van der Waals surface area contributed by atoms with E-state index in [9.17, 15) is 4.79 Å². The second-order valence-electron chi connectivity index (χ2n) is 6.58. The Balaban J connectivity index is 0.000000186. The van der Waals surface area contributed by atoms with E-state index >= 15 is 0 Å². The molecule has 2 aromatic heterocycles. The number of aromatic nitrogens is 4. The minimum absolute atomic E-state index is 0.209. The van der Waals surface area contributed by atoms with E-state index in [-0.39, 0.29) is 11.4 Å². The van der Waals surface area contributed by atoms with Gasteiger partial charge in [0.2, 0.25) is 0 Å². The zero-order valence-electron chi connectivity index (χ0n) is 18.0. The largest absolute Gasteiger partial charge is 0.497 e. The number of benzene rings is 2. The van der Waals surface area contributed by atoms with E-state index in [4.69, 9.17) is 31.9 Å². The molecule has 1 amide bonds. The number of carbonyl (C=O) groups excluding carboxylic acids is 1. The Bertz CT molecular complexity index is 1280. The van der Waals surface area contributed by atoms with Crippen LogP contribution >= 0.6 is 0 Å². The normalized spacial score (nSPS) is 9.97. The summed E-state index contributed by atoms with van der Waals surface area (Å²) in [4.78, 5) is 11.0. The number of hydrogen-bond donors (Lipinski definition) is 3. The van der Waals surface area contributed by atoms with Crippen molar-refractivity contribution in [2.45, 2.75) is 0 Å². The zero-order valence-corrected chi connectivity index (χ0v) is 18.0. The predicted molar refractivity (Wildman–Crippen MR) is 122 cm³/mol. The van der Waals surface area contributed by atoms with Crippen LogP contribution in [0.5, 0.6) is 11.5 Å². The summed E-state index contributed by atoms with van der Waals surface area (Å²) in [5.74, 6) is 1.46.